The molecule has 5 heteroatoms. The molecule has 1 aromatic heterocycles. The van der Waals surface area contributed by atoms with Gasteiger partial charge in [0.05, 0.1) is 15.6 Å². The normalized spacial score (nSPS) is 17.4. The summed E-state index contributed by atoms with van der Waals surface area (Å²) in [6.45, 7) is 2.23. The zero-order valence-electron chi connectivity index (χ0n) is 11.6. The van der Waals surface area contributed by atoms with Gasteiger partial charge in [-0.05, 0) is 55.0 Å². The van der Waals surface area contributed by atoms with Gasteiger partial charge >= 0.3 is 0 Å². The summed E-state index contributed by atoms with van der Waals surface area (Å²) in [5, 5.41) is 2.95. The Hall–Kier alpha value is -1.39. The number of anilines is 1. The van der Waals surface area contributed by atoms with Crippen molar-refractivity contribution in [2.45, 2.75) is 26.2 Å². The van der Waals surface area contributed by atoms with Crippen LogP contribution in [0.3, 0.4) is 0 Å². The molecule has 1 N–H and O–H groups in total. The molecule has 1 atom stereocenters. The van der Waals surface area contributed by atoms with E-state index in [2.05, 4.69) is 12.2 Å². The van der Waals surface area contributed by atoms with E-state index >= 15 is 0 Å². The van der Waals surface area contributed by atoms with Gasteiger partial charge in [0, 0.05) is 4.88 Å². The van der Waals surface area contributed by atoms with Crippen molar-refractivity contribution >= 4 is 34.5 Å². The molecule has 0 saturated heterocycles. The van der Waals surface area contributed by atoms with Crippen molar-refractivity contribution in [2.75, 3.05) is 5.32 Å². The molecule has 0 radical (unpaired) electrons. The van der Waals surface area contributed by atoms with Crippen LogP contribution in [0.5, 0.6) is 0 Å². The maximum atomic E-state index is 13.0. The van der Waals surface area contributed by atoms with E-state index in [1.165, 1.54) is 35.1 Å². The minimum absolute atomic E-state index is 0.185. The third kappa shape index (κ3) is 3.11. The first-order valence-corrected chi connectivity index (χ1v) is 8.10. The molecule has 2 nitrogen and oxygen atoms in total. The quantitative estimate of drug-likeness (QED) is 0.835. The van der Waals surface area contributed by atoms with Gasteiger partial charge in [-0.3, -0.25) is 4.79 Å². The Morgan fingerprint density at radius 2 is 2.24 bits per heavy atom. The Bertz CT molecular complexity index is 698. The lowest BCUT2D eigenvalue weighted by Crippen LogP contribution is -2.10. The van der Waals surface area contributed by atoms with E-state index in [-0.39, 0.29) is 10.9 Å². The summed E-state index contributed by atoms with van der Waals surface area (Å²) >= 11 is 7.47. The highest BCUT2D eigenvalue weighted by Crippen LogP contribution is 2.33. The SMILES string of the molecule is CC1CCc2sc(C(=O)Nc3ccc(F)cc3Cl)cc2C1. The summed E-state index contributed by atoms with van der Waals surface area (Å²) in [7, 11) is 0. The second kappa shape index (κ2) is 5.78. The lowest BCUT2D eigenvalue weighted by atomic mass is 9.90. The molecule has 2 aromatic rings. The molecular weight excluding hydrogens is 309 g/mol. The summed E-state index contributed by atoms with van der Waals surface area (Å²) in [5.41, 5.74) is 1.72. The highest BCUT2D eigenvalue weighted by atomic mass is 35.5. The van der Waals surface area contributed by atoms with Crippen molar-refractivity contribution in [3.8, 4) is 0 Å². The molecule has 1 aliphatic carbocycles. The summed E-state index contributed by atoms with van der Waals surface area (Å²) in [4.78, 5) is 14.3. The molecule has 1 aromatic carbocycles. The number of fused-ring (bicyclic) bond motifs is 1. The zero-order valence-corrected chi connectivity index (χ0v) is 13.2. The van der Waals surface area contributed by atoms with Gasteiger partial charge in [-0.2, -0.15) is 0 Å². The zero-order chi connectivity index (χ0) is 15.0. The molecule has 110 valence electrons. The lowest BCUT2D eigenvalue weighted by Gasteiger charge is -2.16. The third-order valence-electron chi connectivity index (χ3n) is 3.73. The number of thiophene rings is 1. The van der Waals surface area contributed by atoms with E-state index in [4.69, 9.17) is 11.6 Å². The van der Waals surface area contributed by atoms with Crippen molar-refractivity contribution in [1.82, 2.24) is 0 Å². The highest BCUT2D eigenvalue weighted by molar-refractivity contribution is 7.14. The maximum absolute atomic E-state index is 13.0. The second-order valence-corrected chi connectivity index (χ2v) is 7.03. The van der Waals surface area contributed by atoms with Crippen molar-refractivity contribution in [2.24, 2.45) is 5.92 Å². The fourth-order valence-electron chi connectivity index (χ4n) is 2.59. The highest BCUT2D eigenvalue weighted by Gasteiger charge is 2.21. The maximum Gasteiger partial charge on any atom is 0.265 e. The summed E-state index contributed by atoms with van der Waals surface area (Å²) in [6, 6.07) is 5.93. The first kappa shape index (κ1) is 14.5. The minimum atomic E-state index is -0.418. The van der Waals surface area contributed by atoms with E-state index < -0.39 is 5.82 Å². The smallest absolute Gasteiger partial charge is 0.265 e. The van der Waals surface area contributed by atoms with E-state index in [9.17, 15) is 9.18 Å². The number of hydrogen-bond donors (Lipinski definition) is 1. The van der Waals surface area contributed by atoms with Gasteiger partial charge < -0.3 is 5.32 Å². The Kier molecular flexibility index (Phi) is 4.00. The van der Waals surface area contributed by atoms with Gasteiger partial charge in [0.2, 0.25) is 0 Å². The topological polar surface area (TPSA) is 29.1 Å². The van der Waals surface area contributed by atoms with Crippen LogP contribution in [0.4, 0.5) is 10.1 Å². The van der Waals surface area contributed by atoms with Gasteiger partial charge in [-0.25, -0.2) is 4.39 Å². The standard InChI is InChI=1S/C16H15ClFNOS/c1-9-2-5-14-10(6-9)7-15(21-14)16(20)19-13-4-3-11(18)8-12(13)17/h3-4,7-9H,2,5-6H2,1H3,(H,19,20). The Balaban J connectivity index is 1.79. The van der Waals surface area contributed by atoms with Crippen LogP contribution >= 0.6 is 22.9 Å². The van der Waals surface area contributed by atoms with Crippen molar-refractivity contribution in [3.63, 3.8) is 0 Å². The molecule has 0 fully saturated rings. The number of carbonyl (C=O) groups excluding carboxylic acids is 1. The third-order valence-corrected chi connectivity index (χ3v) is 5.28. The fourth-order valence-corrected chi connectivity index (χ4v) is 3.91. The molecule has 1 aliphatic rings. The van der Waals surface area contributed by atoms with Crippen LogP contribution in [0, 0.1) is 11.7 Å². The lowest BCUT2D eigenvalue weighted by molar-refractivity contribution is 0.103. The predicted octanol–water partition coefficient (Wildman–Crippen LogP) is 4.92. The van der Waals surface area contributed by atoms with Crippen LogP contribution in [0.1, 0.15) is 33.5 Å². The number of nitrogens with one attached hydrogen (secondary N) is 1. The molecule has 0 aliphatic heterocycles. The Morgan fingerprint density at radius 1 is 1.43 bits per heavy atom. The van der Waals surface area contributed by atoms with Crippen LogP contribution in [-0.4, -0.2) is 5.91 Å². The number of benzene rings is 1. The summed E-state index contributed by atoms with van der Waals surface area (Å²) in [6.07, 6.45) is 3.26. The van der Waals surface area contributed by atoms with Crippen LogP contribution in [0.2, 0.25) is 5.02 Å². The van der Waals surface area contributed by atoms with E-state index in [0.29, 0.717) is 16.5 Å². The van der Waals surface area contributed by atoms with Crippen molar-refractivity contribution in [1.29, 1.82) is 0 Å². The van der Waals surface area contributed by atoms with Gasteiger partial charge in [0.1, 0.15) is 5.82 Å². The summed E-state index contributed by atoms with van der Waals surface area (Å²) in [5.74, 6) is 0.0729. The second-order valence-electron chi connectivity index (χ2n) is 5.49. The van der Waals surface area contributed by atoms with E-state index in [1.54, 1.807) is 11.3 Å². The van der Waals surface area contributed by atoms with Crippen molar-refractivity contribution < 1.29 is 9.18 Å². The summed E-state index contributed by atoms with van der Waals surface area (Å²) < 4.78 is 13.0. The van der Waals surface area contributed by atoms with E-state index in [1.807, 2.05) is 6.07 Å². The number of hydrogen-bond acceptors (Lipinski definition) is 2. The van der Waals surface area contributed by atoms with Crippen LogP contribution < -0.4 is 5.32 Å². The number of carbonyl (C=O) groups is 1. The Labute approximate surface area is 131 Å². The number of rotatable bonds is 2. The predicted molar refractivity (Wildman–Crippen MR) is 84.9 cm³/mol. The minimum Gasteiger partial charge on any atom is -0.320 e. The largest absolute Gasteiger partial charge is 0.320 e. The molecule has 3 rings (SSSR count). The molecule has 1 amide bonds. The monoisotopic (exact) mass is 323 g/mol. The van der Waals surface area contributed by atoms with Gasteiger partial charge in [0.15, 0.2) is 0 Å². The average Bonchev–Trinajstić information content (AvgIpc) is 2.85. The van der Waals surface area contributed by atoms with Gasteiger partial charge in [-0.15, -0.1) is 11.3 Å². The van der Waals surface area contributed by atoms with Gasteiger partial charge in [0.25, 0.3) is 5.91 Å². The Morgan fingerprint density at radius 3 is 3.00 bits per heavy atom. The molecule has 0 bridgehead atoms. The number of halogens is 2. The molecule has 1 unspecified atom stereocenters. The molecular formula is C16H15ClFNOS. The molecule has 0 spiro atoms. The van der Waals surface area contributed by atoms with Crippen LogP contribution in [-0.2, 0) is 12.8 Å². The number of amides is 1. The molecule has 0 saturated carbocycles. The van der Waals surface area contributed by atoms with Crippen molar-refractivity contribution in [3.05, 3.63) is 50.4 Å². The molecule has 21 heavy (non-hydrogen) atoms. The molecule has 1 heterocycles. The van der Waals surface area contributed by atoms with E-state index in [0.717, 1.165) is 12.8 Å². The van der Waals surface area contributed by atoms with Crippen LogP contribution in [0.25, 0.3) is 0 Å². The van der Waals surface area contributed by atoms with Crippen LogP contribution in [0.15, 0.2) is 24.3 Å². The number of aryl methyl sites for hydroxylation is 1. The average molecular weight is 324 g/mol. The fraction of sp³-hybridized carbons (Fsp3) is 0.312. The first-order valence-electron chi connectivity index (χ1n) is 6.91. The first-order chi connectivity index (χ1) is 10.0. The van der Waals surface area contributed by atoms with Gasteiger partial charge in [-0.1, -0.05) is 18.5 Å².